The van der Waals surface area contributed by atoms with Crippen molar-refractivity contribution in [1.29, 1.82) is 0 Å². The summed E-state index contributed by atoms with van der Waals surface area (Å²) in [6, 6.07) is 16.4. The first-order chi connectivity index (χ1) is 34.6. The van der Waals surface area contributed by atoms with E-state index in [0.29, 0.717) is 81.2 Å². The first-order valence-electron chi connectivity index (χ1n) is 25.7. The quantitative estimate of drug-likeness (QED) is 0.0457. The van der Waals surface area contributed by atoms with Crippen LogP contribution in [0.2, 0.25) is 0 Å². The van der Waals surface area contributed by atoms with Gasteiger partial charge in [-0.3, -0.25) is 48.6 Å². The van der Waals surface area contributed by atoms with Gasteiger partial charge in [0.1, 0.15) is 17.5 Å². The number of hydrogen-bond acceptors (Lipinski definition) is 12. The lowest BCUT2D eigenvalue weighted by Crippen LogP contribution is -2.58. The van der Waals surface area contributed by atoms with E-state index < -0.39 is 52.3 Å². The van der Waals surface area contributed by atoms with E-state index in [4.69, 9.17) is 18.9 Å². The molecule has 3 heterocycles. The number of amides is 6. The molecule has 1 aliphatic carbocycles. The minimum absolute atomic E-state index is 0.0832. The van der Waals surface area contributed by atoms with Crippen molar-refractivity contribution < 1.29 is 57.3 Å². The zero-order chi connectivity index (χ0) is 51.6. The Balaban J connectivity index is 0.847. The maximum absolute atomic E-state index is 14.3. The third-order valence-electron chi connectivity index (χ3n) is 15.0. The molecule has 0 bridgehead atoms. The number of methoxy groups -OCH3 is 2. The van der Waals surface area contributed by atoms with E-state index in [0.717, 1.165) is 67.4 Å². The Morgan fingerprint density at radius 2 is 1.57 bits per heavy atom. The number of ether oxygens (including phenoxy) is 4. The second-order valence-corrected chi connectivity index (χ2v) is 20.3. The number of rotatable bonds is 26. The minimum Gasteiger partial charge on any atom is -0.493 e. The minimum atomic E-state index is -1.03. The zero-order valence-electron chi connectivity index (χ0n) is 42.4. The molecule has 0 radical (unpaired) electrons. The van der Waals surface area contributed by atoms with Gasteiger partial charge in [0, 0.05) is 24.9 Å². The van der Waals surface area contributed by atoms with Crippen LogP contribution < -0.4 is 29.6 Å². The lowest BCUT2D eigenvalue weighted by Gasteiger charge is -2.36. The van der Waals surface area contributed by atoms with Crippen LogP contribution in [0.4, 0.5) is 0 Å². The van der Waals surface area contributed by atoms with Crippen molar-refractivity contribution in [3.05, 3.63) is 82.9 Å². The number of aryl methyl sites for hydroxylation is 1. The predicted molar refractivity (Wildman–Crippen MR) is 267 cm³/mol. The Morgan fingerprint density at radius 3 is 2.31 bits per heavy atom. The number of hydrogen-bond donors (Lipinski definition) is 2. The molecular weight excluding hydrogens is 921 g/mol. The van der Waals surface area contributed by atoms with Crippen molar-refractivity contribution in [2.45, 2.75) is 142 Å². The summed E-state index contributed by atoms with van der Waals surface area (Å²) in [5.41, 5.74) is 0.714. The van der Waals surface area contributed by atoms with Crippen LogP contribution in [0, 0.1) is 10.8 Å². The van der Waals surface area contributed by atoms with E-state index in [1.165, 1.54) is 4.90 Å². The Kier molecular flexibility index (Phi) is 17.6. The Bertz CT molecular complexity index is 2530. The summed E-state index contributed by atoms with van der Waals surface area (Å²) in [4.78, 5) is 108. The van der Waals surface area contributed by atoms with E-state index in [1.807, 2.05) is 43.3 Å². The van der Waals surface area contributed by atoms with E-state index in [9.17, 15) is 38.4 Å². The monoisotopic (exact) mass is 990 g/mol. The fourth-order valence-corrected chi connectivity index (χ4v) is 9.98. The molecule has 1 spiro atoms. The highest BCUT2D eigenvalue weighted by atomic mass is 16.5. The van der Waals surface area contributed by atoms with Gasteiger partial charge in [-0.1, -0.05) is 70.7 Å². The van der Waals surface area contributed by atoms with Crippen LogP contribution >= 0.6 is 0 Å². The standard InChI is InChI=1S/C56H70N4O12/c1-6-55(2,3)49(63)53(67)59-29-13-11-20-41(59)43(61)33-38(24-22-36-23-25-44(69-4)46(31-36)70-5)37-17-15-18-39(32-37)72-35-47(62)57-28-12-9-7-8-10-14-30-71-45-21-16-19-40-48(45)52(66)60(51(40)65)42-34-56(26-27-56)54(68)58-50(42)64/h15-19,21,23,25,31-32,38,41-42H,6-14,20,22,24,26-30,33-35H2,1-5H3,(H,57,62)(H,58,64,68). The maximum Gasteiger partial charge on any atom is 0.291 e. The van der Waals surface area contributed by atoms with E-state index in [1.54, 1.807) is 52.3 Å². The molecular formula is C56H70N4O12. The van der Waals surface area contributed by atoms with Gasteiger partial charge >= 0.3 is 0 Å². The Morgan fingerprint density at radius 1 is 0.833 bits per heavy atom. The third kappa shape index (κ3) is 12.4. The van der Waals surface area contributed by atoms with Gasteiger partial charge < -0.3 is 29.2 Å². The van der Waals surface area contributed by atoms with Crippen LogP contribution in [0.25, 0.3) is 0 Å². The molecule has 6 amide bonds. The normalized spacial score (nSPS) is 18.6. The van der Waals surface area contributed by atoms with Crippen molar-refractivity contribution in [2.75, 3.05) is 40.5 Å². The van der Waals surface area contributed by atoms with E-state index in [-0.39, 0.29) is 54.1 Å². The number of piperidine rings is 2. The molecule has 0 aromatic heterocycles. The molecule has 3 atom stereocenters. The summed E-state index contributed by atoms with van der Waals surface area (Å²) in [5, 5.41) is 5.30. The van der Waals surface area contributed by atoms with Crippen molar-refractivity contribution >= 4 is 47.0 Å². The van der Waals surface area contributed by atoms with Gasteiger partial charge in [0.15, 0.2) is 23.9 Å². The lowest BCUT2D eigenvalue weighted by molar-refractivity contribution is -0.153. The Hall–Kier alpha value is -6.58. The van der Waals surface area contributed by atoms with Gasteiger partial charge in [0.2, 0.25) is 17.6 Å². The van der Waals surface area contributed by atoms with E-state index >= 15 is 0 Å². The SMILES string of the molecule is CCC(C)(C)C(=O)C(=O)N1CCCCC1C(=O)CC(CCc1ccc(OC)c(OC)c1)c1cccc(OCC(=O)NCCCCCCCCOc2cccc3c2C(=O)N(C2CC4(CC4)C(=O)NC2=O)C3=O)c1. The summed E-state index contributed by atoms with van der Waals surface area (Å²) >= 11 is 0. The zero-order valence-corrected chi connectivity index (χ0v) is 42.4. The van der Waals surface area contributed by atoms with E-state index in [2.05, 4.69) is 10.6 Å². The molecule has 1 saturated carbocycles. The number of nitrogens with zero attached hydrogens (tertiary/aromatic N) is 2. The Labute approximate surface area is 422 Å². The van der Waals surface area contributed by atoms with Crippen LogP contribution in [0.5, 0.6) is 23.0 Å². The number of nitrogens with one attached hydrogen (secondary N) is 2. The van der Waals surface area contributed by atoms with Gasteiger partial charge in [-0.05, 0) is 124 Å². The fourth-order valence-electron chi connectivity index (χ4n) is 9.98. The average Bonchev–Trinajstić information content (AvgIpc) is 4.13. The number of imide groups is 2. The highest BCUT2D eigenvalue weighted by Gasteiger charge is 2.59. The fraction of sp³-hybridized carbons (Fsp3) is 0.536. The van der Waals surface area contributed by atoms with Gasteiger partial charge in [-0.2, -0.15) is 0 Å². The summed E-state index contributed by atoms with van der Waals surface area (Å²) < 4.78 is 22.9. The molecule has 16 heteroatoms. The number of Topliss-reactive ketones (excluding diaryl/α,β-unsaturated/α-hetero) is 2. The largest absolute Gasteiger partial charge is 0.493 e. The second-order valence-electron chi connectivity index (χ2n) is 20.3. The van der Waals surface area contributed by atoms with Crippen molar-refractivity contribution in [3.63, 3.8) is 0 Å². The van der Waals surface area contributed by atoms with Gasteiger partial charge in [0.05, 0.1) is 43.4 Å². The molecule has 3 aromatic carbocycles. The first kappa shape index (κ1) is 53.2. The van der Waals surface area contributed by atoms with Crippen LogP contribution in [-0.4, -0.2) is 109 Å². The molecule has 4 aliphatic rings. The second kappa shape index (κ2) is 23.8. The summed E-state index contributed by atoms with van der Waals surface area (Å²) in [6.45, 7) is 6.45. The molecule has 72 heavy (non-hydrogen) atoms. The molecule has 2 N–H and O–H groups in total. The van der Waals surface area contributed by atoms with Gasteiger partial charge in [-0.25, -0.2) is 0 Å². The highest BCUT2D eigenvalue weighted by Crippen LogP contribution is 2.52. The van der Waals surface area contributed by atoms with Crippen molar-refractivity contribution in [1.82, 2.24) is 20.4 Å². The molecule has 3 aromatic rings. The van der Waals surface area contributed by atoms with Crippen LogP contribution in [0.15, 0.2) is 60.7 Å². The molecule has 3 unspecified atom stereocenters. The number of carbonyl (C=O) groups excluding carboxylic acids is 8. The number of unbranched alkanes of at least 4 members (excludes halogenated alkanes) is 5. The maximum atomic E-state index is 14.3. The molecule has 7 rings (SSSR count). The smallest absolute Gasteiger partial charge is 0.291 e. The van der Waals surface area contributed by atoms with Crippen LogP contribution in [-0.2, 0) is 35.2 Å². The average molecular weight is 991 g/mol. The number of ketones is 2. The van der Waals surface area contributed by atoms with Crippen molar-refractivity contribution in [2.24, 2.45) is 10.8 Å². The van der Waals surface area contributed by atoms with Gasteiger partial charge in [-0.15, -0.1) is 0 Å². The van der Waals surface area contributed by atoms with Crippen molar-refractivity contribution in [3.8, 4) is 23.0 Å². The summed E-state index contributed by atoms with van der Waals surface area (Å²) in [7, 11) is 3.17. The summed E-state index contributed by atoms with van der Waals surface area (Å²) in [5.74, 6) is -1.72. The molecule has 16 nitrogen and oxygen atoms in total. The number of carbonyl (C=O) groups is 8. The predicted octanol–water partition coefficient (Wildman–Crippen LogP) is 7.47. The van der Waals surface area contributed by atoms with Crippen LogP contribution in [0.3, 0.4) is 0 Å². The highest BCUT2D eigenvalue weighted by molar-refractivity contribution is 6.38. The number of benzene rings is 3. The molecule has 2 saturated heterocycles. The summed E-state index contributed by atoms with van der Waals surface area (Å²) in [6.07, 6.45) is 10.5. The van der Waals surface area contributed by atoms with Crippen LogP contribution in [0.1, 0.15) is 155 Å². The topological polar surface area (TPSA) is 204 Å². The first-order valence-corrected chi connectivity index (χ1v) is 25.7. The number of likely N-dealkylation sites (tertiary alicyclic amines) is 1. The number of fused-ring (bicyclic) bond motifs is 1. The molecule has 3 aliphatic heterocycles. The lowest BCUT2D eigenvalue weighted by atomic mass is 9.82. The molecule has 3 fully saturated rings. The third-order valence-corrected chi connectivity index (χ3v) is 15.0. The van der Waals surface area contributed by atoms with Gasteiger partial charge in [0.25, 0.3) is 23.6 Å². The molecule has 386 valence electrons.